The maximum Gasteiger partial charge on any atom is 0.330 e. The van der Waals surface area contributed by atoms with Crippen molar-refractivity contribution in [1.82, 2.24) is 13.9 Å². The standard InChI is InChI=1S/C14H16FN3O4S/c1-17-9-12(13(19)18(2)14(17)20)23(21,22)16-8-7-10-3-5-11(15)6-4-10/h3-6,9,16H,7-8H2,1-2H3. The predicted molar refractivity (Wildman–Crippen MR) is 82.2 cm³/mol. The van der Waals surface area contributed by atoms with Crippen molar-refractivity contribution in [2.75, 3.05) is 6.54 Å². The molecule has 0 fully saturated rings. The van der Waals surface area contributed by atoms with Gasteiger partial charge in [0.2, 0.25) is 10.0 Å². The molecule has 2 rings (SSSR count). The second kappa shape index (κ2) is 6.47. The Morgan fingerprint density at radius 2 is 1.74 bits per heavy atom. The van der Waals surface area contributed by atoms with Crippen LogP contribution in [0.25, 0.3) is 0 Å². The predicted octanol–water partition coefficient (Wildman–Crippen LogP) is -0.256. The number of benzene rings is 1. The van der Waals surface area contributed by atoms with Gasteiger partial charge in [-0.1, -0.05) is 12.1 Å². The number of aryl methyl sites for hydroxylation is 1. The maximum absolute atomic E-state index is 12.8. The Balaban J connectivity index is 2.18. The van der Waals surface area contributed by atoms with E-state index in [-0.39, 0.29) is 12.4 Å². The van der Waals surface area contributed by atoms with E-state index >= 15 is 0 Å². The van der Waals surface area contributed by atoms with E-state index in [2.05, 4.69) is 4.72 Å². The number of hydrogen-bond donors (Lipinski definition) is 1. The van der Waals surface area contributed by atoms with E-state index in [1.165, 1.54) is 26.2 Å². The molecular weight excluding hydrogens is 325 g/mol. The molecule has 1 heterocycles. The first-order chi connectivity index (χ1) is 10.7. The quantitative estimate of drug-likeness (QED) is 0.812. The van der Waals surface area contributed by atoms with Crippen LogP contribution in [0.2, 0.25) is 0 Å². The second-order valence-corrected chi connectivity index (χ2v) is 6.76. The molecule has 7 nitrogen and oxygen atoms in total. The molecule has 23 heavy (non-hydrogen) atoms. The number of nitrogens with zero attached hydrogens (tertiary/aromatic N) is 2. The lowest BCUT2D eigenvalue weighted by Gasteiger charge is -2.09. The van der Waals surface area contributed by atoms with Gasteiger partial charge in [-0.15, -0.1) is 0 Å². The molecule has 124 valence electrons. The molecule has 0 amide bonds. The highest BCUT2D eigenvalue weighted by Crippen LogP contribution is 2.04. The van der Waals surface area contributed by atoms with Crippen molar-refractivity contribution in [3.05, 3.63) is 62.7 Å². The molecule has 1 N–H and O–H groups in total. The Morgan fingerprint density at radius 1 is 1.13 bits per heavy atom. The molecule has 1 aromatic heterocycles. The zero-order valence-electron chi connectivity index (χ0n) is 12.6. The lowest BCUT2D eigenvalue weighted by molar-refractivity contribution is 0.571. The highest BCUT2D eigenvalue weighted by molar-refractivity contribution is 7.89. The number of sulfonamides is 1. The van der Waals surface area contributed by atoms with E-state index in [1.807, 2.05) is 0 Å². The highest BCUT2D eigenvalue weighted by Gasteiger charge is 2.20. The van der Waals surface area contributed by atoms with Gasteiger partial charge in [-0.2, -0.15) is 0 Å². The van der Waals surface area contributed by atoms with Gasteiger partial charge in [0.05, 0.1) is 0 Å². The molecule has 0 atom stereocenters. The second-order valence-electron chi connectivity index (χ2n) is 5.03. The van der Waals surface area contributed by atoms with E-state index < -0.39 is 26.2 Å². The van der Waals surface area contributed by atoms with Crippen LogP contribution >= 0.6 is 0 Å². The summed E-state index contributed by atoms with van der Waals surface area (Å²) in [5.41, 5.74) is -0.745. The minimum Gasteiger partial charge on any atom is -0.302 e. The van der Waals surface area contributed by atoms with Crippen LogP contribution in [0, 0.1) is 5.82 Å². The van der Waals surface area contributed by atoms with Gasteiger partial charge in [0.1, 0.15) is 5.82 Å². The molecular formula is C14H16FN3O4S. The summed E-state index contributed by atoms with van der Waals surface area (Å²) in [5, 5.41) is 0. The van der Waals surface area contributed by atoms with Crippen LogP contribution in [0.5, 0.6) is 0 Å². The van der Waals surface area contributed by atoms with Gasteiger partial charge in [0, 0.05) is 26.8 Å². The minimum absolute atomic E-state index is 0.0416. The fraction of sp³-hybridized carbons (Fsp3) is 0.286. The number of aromatic nitrogens is 2. The van der Waals surface area contributed by atoms with Gasteiger partial charge in [0.25, 0.3) is 5.56 Å². The maximum atomic E-state index is 12.8. The van der Waals surface area contributed by atoms with Crippen molar-refractivity contribution in [1.29, 1.82) is 0 Å². The molecule has 0 radical (unpaired) electrons. The Labute approximate surface area is 132 Å². The zero-order chi connectivity index (χ0) is 17.2. The molecule has 0 aliphatic heterocycles. The number of rotatable bonds is 5. The third kappa shape index (κ3) is 3.74. The summed E-state index contributed by atoms with van der Waals surface area (Å²) in [4.78, 5) is 23.0. The highest BCUT2D eigenvalue weighted by atomic mass is 32.2. The van der Waals surface area contributed by atoms with Gasteiger partial charge in [-0.3, -0.25) is 9.36 Å². The number of halogens is 1. The molecule has 0 unspecified atom stereocenters. The van der Waals surface area contributed by atoms with Crippen molar-refractivity contribution < 1.29 is 12.8 Å². The van der Waals surface area contributed by atoms with Crippen LogP contribution in [0.3, 0.4) is 0 Å². The van der Waals surface area contributed by atoms with Crippen molar-refractivity contribution in [3.8, 4) is 0 Å². The van der Waals surface area contributed by atoms with E-state index in [0.29, 0.717) is 6.42 Å². The summed E-state index contributed by atoms with van der Waals surface area (Å²) < 4.78 is 41.3. The summed E-state index contributed by atoms with van der Waals surface area (Å²) in [7, 11) is -1.48. The van der Waals surface area contributed by atoms with Crippen LogP contribution in [-0.4, -0.2) is 24.1 Å². The van der Waals surface area contributed by atoms with Gasteiger partial charge in [-0.25, -0.2) is 22.3 Å². The fourth-order valence-corrected chi connectivity index (χ4v) is 3.21. The molecule has 0 saturated carbocycles. The Hall–Kier alpha value is -2.26. The normalized spacial score (nSPS) is 11.6. The SMILES string of the molecule is Cn1cc(S(=O)(=O)NCCc2ccc(F)cc2)c(=O)n(C)c1=O. The van der Waals surface area contributed by atoms with Crippen LogP contribution < -0.4 is 16.0 Å². The van der Waals surface area contributed by atoms with Crippen LogP contribution in [0.1, 0.15) is 5.56 Å². The fourth-order valence-electron chi connectivity index (χ4n) is 2.02. The topological polar surface area (TPSA) is 90.2 Å². The lowest BCUT2D eigenvalue weighted by atomic mass is 10.1. The Bertz CT molecular complexity index is 930. The van der Waals surface area contributed by atoms with Crippen molar-refractivity contribution in [2.24, 2.45) is 14.1 Å². The summed E-state index contributed by atoms with van der Waals surface area (Å²) >= 11 is 0. The first-order valence-electron chi connectivity index (χ1n) is 6.73. The largest absolute Gasteiger partial charge is 0.330 e. The van der Waals surface area contributed by atoms with E-state index in [0.717, 1.165) is 20.9 Å². The number of hydrogen-bond acceptors (Lipinski definition) is 4. The van der Waals surface area contributed by atoms with Gasteiger partial charge >= 0.3 is 5.69 Å². The molecule has 9 heteroatoms. The average molecular weight is 341 g/mol. The smallest absolute Gasteiger partial charge is 0.302 e. The molecule has 0 aliphatic rings. The third-order valence-electron chi connectivity index (χ3n) is 3.32. The van der Waals surface area contributed by atoms with E-state index in [4.69, 9.17) is 0 Å². The van der Waals surface area contributed by atoms with Crippen molar-refractivity contribution in [3.63, 3.8) is 0 Å². The zero-order valence-corrected chi connectivity index (χ0v) is 13.4. The summed E-state index contributed by atoms with van der Waals surface area (Å²) in [6.07, 6.45) is 1.33. The minimum atomic E-state index is -4.05. The number of nitrogens with one attached hydrogen (secondary N) is 1. The van der Waals surface area contributed by atoms with Crippen LogP contribution in [0.4, 0.5) is 4.39 Å². The monoisotopic (exact) mass is 341 g/mol. The summed E-state index contributed by atoms with van der Waals surface area (Å²) in [5.74, 6) is -0.372. The molecule has 1 aromatic carbocycles. The molecule has 0 aliphatic carbocycles. The summed E-state index contributed by atoms with van der Waals surface area (Å²) in [6.45, 7) is 0.0416. The Morgan fingerprint density at radius 3 is 2.35 bits per heavy atom. The van der Waals surface area contributed by atoms with E-state index in [1.54, 1.807) is 12.1 Å². The van der Waals surface area contributed by atoms with Crippen LogP contribution in [0.15, 0.2) is 44.9 Å². The van der Waals surface area contributed by atoms with Crippen molar-refractivity contribution in [2.45, 2.75) is 11.3 Å². The first-order valence-corrected chi connectivity index (χ1v) is 8.21. The Kier molecular flexibility index (Phi) is 4.81. The lowest BCUT2D eigenvalue weighted by Crippen LogP contribution is -2.41. The molecule has 2 aromatic rings. The average Bonchev–Trinajstić information content (AvgIpc) is 2.50. The van der Waals surface area contributed by atoms with Crippen molar-refractivity contribution >= 4 is 10.0 Å². The molecule has 0 saturated heterocycles. The summed E-state index contributed by atoms with van der Waals surface area (Å²) in [6, 6.07) is 5.67. The van der Waals surface area contributed by atoms with Gasteiger partial charge in [0.15, 0.2) is 4.90 Å². The third-order valence-corrected chi connectivity index (χ3v) is 4.77. The molecule has 0 bridgehead atoms. The van der Waals surface area contributed by atoms with Gasteiger partial charge in [-0.05, 0) is 24.1 Å². The molecule has 0 spiro atoms. The first kappa shape index (κ1) is 17.1. The van der Waals surface area contributed by atoms with Gasteiger partial charge < -0.3 is 4.57 Å². The van der Waals surface area contributed by atoms with Crippen LogP contribution in [-0.2, 0) is 30.5 Å². The van der Waals surface area contributed by atoms with E-state index in [9.17, 15) is 22.4 Å².